The van der Waals surface area contributed by atoms with Gasteiger partial charge in [0.25, 0.3) is 0 Å². The summed E-state index contributed by atoms with van der Waals surface area (Å²) < 4.78 is 10.4. The molecule has 1 aliphatic carbocycles. The molecule has 132 valence electrons. The van der Waals surface area contributed by atoms with Gasteiger partial charge in [-0.05, 0) is 49.7 Å². The molecule has 1 aromatic carbocycles. The van der Waals surface area contributed by atoms with Crippen molar-refractivity contribution in [1.82, 2.24) is 5.32 Å². The fourth-order valence-corrected chi connectivity index (χ4v) is 3.69. The Balaban J connectivity index is 1.90. The minimum Gasteiger partial charge on any atom is -0.497 e. The van der Waals surface area contributed by atoms with Gasteiger partial charge in [-0.15, -0.1) is 11.3 Å². The Morgan fingerprint density at radius 2 is 2.04 bits per heavy atom. The molecule has 1 heterocycles. The van der Waals surface area contributed by atoms with E-state index >= 15 is 0 Å². The van der Waals surface area contributed by atoms with Gasteiger partial charge in [-0.2, -0.15) is 0 Å². The van der Waals surface area contributed by atoms with Crippen LogP contribution >= 0.6 is 23.6 Å². The number of esters is 1. The summed E-state index contributed by atoms with van der Waals surface area (Å²) in [6.07, 6.45) is 2.27. The number of anilines is 1. The van der Waals surface area contributed by atoms with E-state index in [4.69, 9.17) is 21.7 Å². The zero-order valence-corrected chi connectivity index (χ0v) is 15.8. The van der Waals surface area contributed by atoms with Gasteiger partial charge in [0.1, 0.15) is 16.3 Å². The van der Waals surface area contributed by atoms with E-state index in [0.29, 0.717) is 28.3 Å². The highest BCUT2D eigenvalue weighted by Crippen LogP contribution is 2.37. The number of methoxy groups -OCH3 is 1. The van der Waals surface area contributed by atoms with Crippen LogP contribution in [0.25, 0.3) is 11.1 Å². The van der Waals surface area contributed by atoms with E-state index in [1.165, 1.54) is 11.3 Å². The van der Waals surface area contributed by atoms with Gasteiger partial charge in [-0.3, -0.25) is 0 Å². The number of ether oxygens (including phenoxy) is 2. The molecule has 0 spiro atoms. The van der Waals surface area contributed by atoms with E-state index in [1.807, 2.05) is 29.6 Å². The zero-order chi connectivity index (χ0) is 17.8. The average molecular weight is 377 g/mol. The van der Waals surface area contributed by atoms with Crippen molar-refractivity contribution in [3.8, 4) is 16.9 Å². The van der Waals surface area contributed by atoms with Crippen molar-refractivity contribution in [2.24, 2.45) is 0 Å². The van der Waals surface area contributed by atoms with E-state index in [0.717, 1.165) is 29.7 Å². The van der Waals surface area contributed by atoms with Crippen molar-refractivity contribution in [3.05, 3.63) is 35.2 Å². The van der Waals surface area contributed by atoms with Crippen LogP contribution in [-0.2, 0) is 4.74 Å². The average Bonchev–Trinajstić information content (AvgIpc) is 3.32. The first-order valence-corrected chi connectivity index (χ1v) is 9.41. The first kappa shape index (κ1) is 17.7. The van der Waals surface area contributed by atoms with Crippen molar-refractivity contribution in [2.75, 3.05) is 19.0 Å². The maximum absolute atomic E-state index is 12.5. The zero-order valence-electron chi connectivity index (χ0n) is 14.1. The van der Waals surface area contributed by atoms with E-state index in [1.54, 1.807) is 14.0 Å². The van der Waals surface area contributed by atoms with Crippen LogP contribution in [0.1, 0.15) is 30.1 Å². The van der Waals surface area contributed by atoms with Crippen LogP contribution in [-0.4, -0.2) is 30.8 Å². The van der Waals surface area contributed by atoms with Crippen molar-refractivity contribution < 1.29 is 14.3 Å². The molecule has 0 radical (unpaired) electrons. The van der Waals surface area contributed by atoms with Crippen LogP contribution in [0, 0.1) is 0 Å². The summed E-state index contributed by atoms with van der Waals surface area (Å²) in [6, 6.07) is 8.04. The van der Waals surface area contributed by atoms with E-state index in [-0.39, 0.29) is 5.97 Å². The van der Waals surface area contributed by atoms with Gasteiger partial charge < -0.3 is 20.1 Å². The van der Waals surface area contributed by atoms with Crippen molar-refractivity contribution in [3.63, 3.8) is 0 Å². The largest absolute Gasteiger partial charge is 0.497 e. The first-order valence-electron chi connectivity index (χ1n) is 8.13. The summed E-state index contributed by atoms with van der Waals surface area (Å²) in [4.78, 5) is 12.5. The third-order valence-electron chi connectivity index (χ3n) is 3.81. The summed E-state index contributed by atoms with van der Waals surface area (Å²) in [5, 5.41) is 9.55. The molecule has 3 rings (SSSR count). The molecule has 2 aromatic rings. The Labute approximate surface area is 156 Å². The molecule has 5 nitrogen and oxygen atoms in total. The maximum Gasteiger partial charge on any atom is 0.341 e. The fraction of sp³-hybridized carbons (Fsp3) is 0.333. The molecule has 1 aliphatic rings. The molecule has 25 heavy (non-hydrogen) atoms. The molecule has 0 atom stereocenters. The van der Waals surface area contributed by atoms with Crippen LogP contribution in [0.5, 0.6) is 5.75 Å². The highest BCUT2D eigenvalue weighted by Gasteiger charge is 2.25. The number of hydrogen-bond donors (Lipinski definition) is 2. The molecular formula is C18H20N2O3S2. The Bertz CT molecular complexity index is 767. The molecule has 2 N–H and O–H groups in total. The molecule has 0 saturated heterocycles. The van der Waals surface area contributed by atoms with Crippen molar-refractivity contribution in [2.45, 2.75) is 25.8 Å². The number of thiocarbonyl (C=S) groups is 1. The molecule has 1 saturated carbocycles. The van der Waals surface area contributed by atoms with Crippen LogP contribution in [0.4, 0.5) is 5.00 Å². The molecule has 0 aliphatic heterocycles. The SMILES string of the molecule is CCOC(=O)c1c(-c2ccc(OC)cc2)csc1NC(=S)NC1CC1. The minimum absolute atomic E-state index is 0.320. The second-order valence-corrected chi connectivity index (χ2v) is 6.96. The summed E-state index contributed by atoms with van der Waals surface area (Å²) in [6.45, 7) is 2.12. The van der Waals surface area contributed by atoms with Crippen LogP contribution < -0.4 is 15.4 Å². The van der Waals surface area contributed by atoms with Crippen LogP contribution in [0.3, 0.4) is 0 Å². The highest BCUT2D eigenvalue weighted by molar-refractivity contribution is 7.80. The topological polar surface area (TPSA) is 59.6 Å². The number of hydrogen-bond acceptors (Lipinski definition) is 5. The molecule has 1 fully saturated rings. The fourth-order valence-electron chi connectivity index (χ4n) is 2.39. The maximum atomic E-state index is 12.5. The number of nitrogens with one attached hydrogen (secondary N) is 2. The Morgan fingerprint density at radius 1 is 1.32 bits per heavy atom. The Morgan fingerprint density at radius 3 is 2.64 bits per heavy atom. The van der Waals surface area contributed by atoms with E-state index < -0.39 is 0 Å². The van der Waals surface area contributed by atoms with Gasteiger partial charge in [0.2, 0.25) is 0 Å². The standard InChI is InChI=1S/C18H20N2O3S2/c1-3-23-17(21)15-14(11-4-8-13(22-2)9-5-11)10-25-16(15)20-18(24)19-12-6-7-12/h4-5,8-10,12H,3,6-7H2,1-2H3,(H2,19,20,24). The Kier molecular flexibility index (Phi) is 5.55. The third kappa shape index (κ3) is 4.29. The van der Waals surface area contributed by atoms with Crippen LogP contribution in [0.2, 0.25) is 0 Å². The predicted octanol–water partition coefficient (Wildman–Crippen LogP) is 4.05. The smallest absolute Gasteiger partial charge is 0.341 e. The quantitative estimate of drug-likeness (QED) is 0.586. The molecular weight excluding hydrogens is 356 g/mol. The summed E-state index contributed by atoms with van der Waals surface area (Å²) in [5.41, 5.74) is 2.26. The summed E-state index contributed by atoms with van der Waals surface area (Å²) >= 11 is 6.78. The number of thiophene rings is 1. The predicted molar refractivity (Wildman–Crippen MR) is 105 cm³/mol. The van der Waals surface area contributed by atoms with Crippen molar-refractivity contribution in [1.29, 1.82) is 0 Å². The minimum atomic E-state index is -0.355. The lowest BCUT2D eigenvalue weighted by Gasteiger charge is -2.11. The van der Waals surface area contributed by atoms with Crippen molar-refractivity contribution >= 4 is 39.6 Å². The molecule has 0 unspecified atom stereocenters. The lowest BCUT2D eigenvalue weighted by molar-refractivity contribution is 0.0529. The number of carbonyl (C=O) groups is 1. The number of benzene rings is 1. The van der Waals surface area contributed by atoms with Crippen LogP contribution in [0.15, 0.2) is 29.6 Å². The second kappa shape index (κ2) is 7.84. The highest BCUT2D eigenvalue weighted by atomic mass is 32.1. The molecule has 0 amide bonds. The van der Waals surface area contributed by atoms with E-state index in [9.17, 15) is 4.79 Å². The second-order valence-electron chi connectivity index (χ2n) is 5.68. The van der Waals surface area contributed by atoms with Gasteiger partial charge in [0, 0.05) is 17.0 Å². The van der Waals surface area contributed by atoms with Gasteiger partial charge in [-0.25, -0.2) is 4.79 Å². The monoisotopic (exact) mass is 376 g/mol. The van der Waals surface area contributed by atoms with Gasteiger partial charge >= 0.3 is 5.97 Å². The molecule has 0 bridgehead atoms. The lowest BCUT2D eigenvalue weighted by Crippen LogP contribution is -2.30. The lowest BCUT2D eigenvalue weighted by atomic mass is 10.0. The van der Waals surface area contributed by atoms with Gasteiger partial charge in [-0.1, -0.05) is 12.1 Å². The molecule has 1 aromatic heterocycles. The van der Waals surface area contributed by atoms with Gasteiger partial charge in [0.15, 0.2) is 5.11 Å². The van der Waals surface area contributed by atoms with Gasteiger partial charge in [0.05, 0.1) is 13.7 Å². The first-order chi connectivity index (χ1) is 12.1. The number of carbonyl (C=O) groups excluding carboxylic acids is 1. The normalized spacial score (nSPS) is 13.2. The molecule has 7 heteroatoms. The summed E-state index contributed by atoms with van der Waals surface area (Å²) in [5.74, 6) is 0.413. The van der Waals surface area contributed by atoms with E-state index in [2.05, 4.69) is 10.6 Å². The Hall–Kier alpha value is -2.12. The number of rotatable bonds is 6. The summed E-state index contributed by atoms with van der Waals surface area (Å²) in [7, 11) is 1.62. The third-order valence-corrected chi connectivity index (χ3v) is 4.93.